The summed E-state index contributed by atoms with van der Waals surface area (Å²) in [4.78, 5) is 12.2. The molecule has 134 valence electrons. The van der Waals surface area contributed by atoms with Crippen molar-refractivity contribution in [2.45, 2.75) is 27.0 Å². The van der Waals surface area contributed by atoms with Gasteiger partial charge in [0.25, 0.3) is 5.91 Å². The van der Waals surface area contributed by atoms with Crippen LogP contribution in [0.2, 0.25) is 0 Å². The minimum absolute atomic E-state index is 0.215. The number of para-hydroxylation sites is 1. The Labute approximate surface area is 151 Å². The summed E-state index contributed by atoms with van der Waals surface area (Å²) < 4.78 is 24.3. The van der Waals surface area contributed by atoms with E-state index in [2.05, 4.69) is 5.32 Å². The Morgan fingerprint density at radius 1 is 1.04 bits per heavy atom. The standard InChI is InChI=1S/C21H20FNO3/c1-14-4-3-5-15(2)20(14)25-13-18-10-11-19(26-18)21(24)23-12-16-6-8-17(22)9-7-16/h3-11H,12-13H2,1-2H3,(H,23,24). The van der Waals surface area contributed by atoms with Crippen molar-refractivity contribution in [2.75, 3.05) is 0 Å². The van der Waals surface area contributed by atoms with Crippen LogP contribution >= 0.6 is 0 Å². The second-order valence-corrected chi connectivity index (χ2v) is 6.08. The van der Waals surface area contributed by atoms with Crippen LogP contribution in [0.3, 0.4) is 0 Å². The van der Waals surface area contributed by atoms with Crippen LogP contribution in [0.25, 0.3) is 0 Å². The van der Waals surface area contributed by atoms with Crippen LogP contribution in [0.15, 0.2) is 59.0 Å². The van der Waals surface area contributed by atoms with E-state index in [9.17, 15) is 9.18 Å². The molecule has 0 bridgehead atoms. The predicted molar refractivity (Wildman–Crippen MR) is 96.5 cm³/mol. The Balaban J connectivity index is 1.57. The molecule has 0 saturated heterocycles. The van der Waals surface area contributed by atoms with Gasteiger partial charge in [0, 0.05) is 6.54 Å². The molecule has 0 aliphatic heterocycles. The van der Waals surface area contributed by atoms with E-state index >= 15 is 0 Å². The van der Waals surface area contributed by atoms with Gasteiger partial charge in [0.1, 0.15) is 23.9 Å². The number of benzene rings is 2. The third kappa shape index (κ3) is 4.30. The summed E-state index contributed by atoms with van der Waals surface area (Å²) in [5, 5.41) is 2.74. The van der Waals surface area contributed by atoms with Crippen LogP contribution < -0.4 is 10.1 Å². The maximum absolute atomic E-state index is 12.9. The van der Waals surface area contributed by atoms with Gasteiger partial charge in [-0.2, -0.15) is 0 Å². The van der Waals surface area contributed by atoms with E-state index in [4.69, 9.17) is 9.15 Å². The molecule has 1 amide bonds. The van der Waals surface area contributed by atoms with Crippen molar-refractivity contribution < 1.29 is 18.3 Å². The molecule has 5 heteroatoms. The lowest BCUT2D eigenvalue weighted by molar-refractivity contribution is 0.0919. The fourth-order valence-corrected chi connectivity index (χ4v) is 2.62. The maximum Gasteiger partial charge on any atom is 0.287 e. The zero-order valence-electron chi connectivity index (χ0n) is 14.7. The van der Waals surface area contributed by atoms with Crippen LogP contribution in [-0.2, 0) is 13.2 Å². The third-order valence-electron chi connectivity index (χ3n) is 4.02. The van der Waals surface area contributed by atoms with Gasteiger partial charge in [0.2, 0.25) is 0 Å². The second-order valence-electron chi connectivity index (χ2n) is 6.08. The molecule has 4 nitrogen and oxygen atoms in total. The van der Waals surface area contributed by atoms with Crippen LogP contribution in [0.4, 0.5) is 4.39 Å². The normalized spacial score (nSPS) is 10.6. The van der Waals surface area contributed by atoms with E-state index in [-0.39, 0.29) is 24.1 Å². The van der Waals surface area contributed by atoms with E-state index in [0.29, 0.717) is 12.3 Å². The first-order valence-electron chi connectivity index (χ1n) is 8.33. The van der Waals surface area contributed by atoms with E-state index in [0.717, 1.165) is 22.4 Å². The van der Waals surface area contributed by atoms with Crippen molar-refractivity contribution in [2.24, 2.45) is 0 Å². The number of hydrogen-bond donors (Lipinski definition) is 1. The highest BCUT2D eigenvalue weighted by molar-refractivity contribution is 5.91. The first-order chi connectivity index (χ1) is 12.5. The summed E-state index contributed by atoms with van der Waals surface area (Å²) in [6, 6.07) is 15.3. The summed E-state index contributed by atoms with van der Waals surface area (Å²) in [5.41, 5.74) is 2.91. The molecule has 0 fully saturated rings. The molecule has 3 aromatic rings. The summed E-state index contributed by atoms with van der Waals surface area (Å²) in [6.07, 6.45) is 0. The lowest BCUT2D eigenvalue weighted by atomic mass is 10.1. The number of halogens is 1. The highest BCUT2D eigenvalue weighted by atomic mass is 19.1. The zero-order valence-corrected chi connectivity index (χ0v) is 14.7. The van der Waals surface area contributed by atoms with Gasteiger partial charge in [-0.1, -0.05) is 30.3 Å². The van der Waals surface area contributed by atoms with E-state index in [1.807, 2.05) is 32.0 Å². The predicted octanol–water partition coefficient (Wildman–Crippen LogP) is 4.54. The summed E-state index contributed by atoms with van der Waals surface area (Å²) >= 11 is 0. The molecule has 1 heterocycles. The van der Waals surface area contributed by atoms with Crippen LogP contribution in [0, 0.1) is 19.7 Å². The third-order valence-corrected chi connectivity index (χ3v) is 4.02. The number of carbonyl (C=O) groups is 1. The summed E-state index contributed by atoms with van der Waals surface area (Å²) in [6.45, 7) is 4.52. The van der Waals surface area contributed by atoms with Gasteiger partial charge in [-0.05, 0) is 54.8 Å². The molecule has 1 aromatic heterocycles. The molecule has 2 aromatic carbocycles. The molecule has 0 unspecified atom stereocenters. The Morgan fingerprint density at radius 3 is 2.42 bits per heavy atom. The minimum atomic E-state index is -0.326. The number of hydrogen-bond acceptors (Lipinski definition) is 3. The smallest absolute Gasteiger partial charge is 0.287 e. The fraction of sp³-hybridized carbons (Fsp3) is 0.190. The van der Waals surface area contributed by atoms with Gasteiger partial charge >= 0.3 is 0 Å². The topological polar surface area (TPSA) is 51.5 Å². The fourth-order valence-electron chi connectivity index (χ4n) is 2.62. The largest absolute Gasteiger partial charge is 0.485 e. The number of aryl methyl sites for hydroxylation is 2. The Morgan fingerprint density at radius 2 is 1.73 bits per heavy atom. The van der Waals surface area contributed by atoms with Crippen LogP contribution in [-0.4, -0.2) is 5.91 Å². The summed E-state index contributed by atoms with van der Waals surface area (Å²) in [7, 11) is 0. The molecule has 0 saturated carbocycles. The Kier molecular flexibility index (Phi) is 5.37. The van der Waals surface area contributed by atoms with Crippen molar-refractivity contribution in [3.63, 3.8) is 0 Å². The first kappa shape index (κ1) is 17.7. The molecule has 3 rings (SSSR count). The second kappa shape index (κ2) is 7.87. The van der Waals surface area contributed by atoms with Gasteiger partial charge in [-0.3, -0.25) is 4.79 Å². The molecule has 0 aliphatic rings. The summed E-state index contributed by atoms with van der Waals surface area (Å²) in [5.74, 6) is 0.977. The van der Waals surface area contributed by atoms with Crippen LogP contribution in [0.1, 0.15) is 33.0 Å². The Hall–Kier alpha value is -3.08. The number of rotatable bonds is 6. The number of amides is 1. The average molecular weight is 353 g/mol. The van der Waals surface area contributed by atoms with E-state index in [1.54, 1.807) is 24.3 Å². The molecule has 26 heavy (non-hydrogen) atoms. The highest BCUT2D eigenvalue weighted by Crippen LogP contribution is 2.23. The number of ether oxygens (including phenoxy) is 1. The molecule has 1 N–H and O–H groups in total. The lowest BCUT2D eigenvalue weighted by Crippen LogP contribution is -2.22. The monoisotopic (exact) mass is 353 g/mol. The van der Waals surface area contributed by atoms with Gasteiger partial charge in [0.15, 0.2) is 5.76 Å². The average Bonchev–Trinajstić information content (AvgIpc) is 3.10. The van der Waals surface area contributed by atoms with E-state index in [1.165, 1.54) is 12.1 Å². The highest BCUT2D eigenvalue weighted by Gasteiger charge is 2.12. The number of furan rings is 1. The minimum Gasteiger partial charge on any atom is -0.485 e. The number of carbonyl (C=O) groups excluding carboxylic acids is 1. The van der Waals surface area contributed by atoms with Crippen molar-refractivity contribution in [3.05, 3.63) is 88.6 Å². The van der Waals surface area contributed by atoms with Crippen molar-refractivity contribution >= 4 is 5.91 Å². The van der Waals surface area contributed by atoms with Crippen molar-refractivity contribution in [1.82, 2.24) is 5.32 Å². The van der Waals surface area contributed by atoms with E-state index < -0.39 is 0 Å². The first-order valence-corrected chi connectivity index (χ1v) is 8.33. The van der Waals surface area contributed by atoms with Gasteiger partial charge in [-0.15, -0.1) is 0 Å². The molecule has 0 aliphatic carbocycles. The zero-order chi connectivity index (χ0) is 18.5. The quantitative estimate of drug-likeness (QED) is 0.708. The maximum atomic E-state index is 12.9. The molecule has 0 spiro atoms. The number of nitrogens with one attached hydrogen (secondary N) is 1. The van der Waals surface area contributed by atoms with Crippen molar-refractivity contribution in [1.29, 1.82) is 0 Å². The van der Waals surface area contributed by atoms with Gasteiger partial charge in [0.05, 0.1) is 0 Å². The lowest BCUT2D eigenvalue weighted by Gasteiger charge is -2.10. The SMILES string of the molecule is Cc1cccc(C)c1OCc1ccc(C(=O)NCc2ccc(F)cc2)o1. The van der Waals surface area contributed by atoms with Gasteiger partial charge < -0.3 is 14.5 Å². The van der Waals surface area contributed by atoms with Crippen molar-refractivity contribution in [3.8, 4) is 5.75 Å². The molecular weight excluding hydrogens is 333 g/mol. The molecule has 0 atom stereocenters. The van der Waals surface area contributed by atoms with Crippen LogP contribution in [0.5, 0.6) is 5.75 Å². The molecule has 0 radical (unpaired) electrons. The molecular formula is C21H20FNO3. The van der Waals surface area contributed by atoms with Gasteiger partial charge in [-0.25, -0.2) is 4.39 Å². The Bertz CT molecular complexity index is 880.